The summed E-state index contributed by atoms with van der Waals surface area (Å²) in [6.07, 6.45) is 80.9. The molecule has 6 nitrogen and oxygen atoms in total. The molecule has 0 radical (unpaired) electrons. The van der Waals surface area contributed by atoms with Crippen molar-refractivity contribution in [1.82, 2.24) is 0 Å². The molecule has 0 amide bonds. The number of hydrogen-bond acceptors (Lipinski definition) is 6. The molecule has 0 aliphatic rings. The molecule has 0 heterocycles. The van der Waals surface area contributed by atoms with Crippen molar-refractivity contribution >= 4 is 17.9 Å². The smallest absolute Gasteiger partial charge is 0.306 e. The normalized spacial score (nSPS) is 12.4. The number of rotatable bonds is 60. The molecule has 0 N–H and O–H groups in total. The standard InChI is InChI=1S/C69H124O6/c1-4-7-10-13-16-19-22-25-28-30-31-32-33-34-35-36-37-38-39-40-42-44-47-50-53-56-59-62-68(71)74-65-66(64-73-67(70)61-58-55-52-49-46-43-27-24-21-18-15-12-9-6-3)75-69(72)63-60-57-54-51-48-45-41-29-26-23-20-17-14-11-8-5-2/h15,18,22,24-25,27,30-31,33-34,66H,4-14,16-17,19-21,23,26,28-29,32,35-65H2,1-3H3/b18-15-,25-22-,27-24-,31-30-,34-33-. The molecule has 0 aromatic carbocycles. The number of allylic oxidation sites excluding steroid dienone is 10. The SMILES string of the molecule is CCCC/C=C\C/C=C\CCCCCCCC(=O)OCC(COC(=O)CCCCCCCCCCCCCC/C=C\C/C=C\C/C=C\CCCCCCC)OC(=O)CCCCCCCCCCCCCCCCCC. The minimum absolute atomic E-state index is 0.0763. The summed E-state index contributed by atoms with van der Waals surface area (Å²) in [6, 6.07) is 0. The molecular weight excluding hydrogens is 925 g/mol. The molecule has 436 valence electrons. The summed E-state index contributed by atoms with van der Waals surface area (Å²) in [5.74, 6) is -0.873. The van der Waals surface area contributed by atoms with Crippen molar-refractivity contribution in [3.8, 4) is 0 Å². The second kappa shape index (κ2) is 63.6. The van der Waals surface area contributed by atoms with Gasteiger partial charge in [0.05, 0.1) is 0 Å². The lowest BCUT2D eigenvalue weighted by Crippen LogP contribution is -2.30. The predicted octanol–water partition coefficient (Wildman–Crippen LogP) is 22.3. The van der Waals surface area contributed by atoms with Crippen LogP contribution in [0.25, 0.3) is 0 Å². The molecule has 0 rings (SSSR count). The van der Waals surface area contributed by atoms with E-state index in [1.807, 2.05) is 0 Å². The van der Waals surface area contributed by atoms with Gasteiger partial charge in [0.1, 0.15) is 13.2 Å². The van der Waals surface area contributed by atoms with E-state index in [0.29, 0.717) is 19.3 Å². The Morgan fingerprint density at radius 2 is 0.493 bits per heavy atom. The van der Waals surface area contributed by atoms with Gasteiger partial charge in [-0.25, -0.2) is 0 Å². The first-order chi connectivity index (χ1) is 37.0. The number of unbranched alkanes of at least 4 members (excludes halogenated alkanes) is 39. The predicted molar refractivity (Wildman–Crippen MR) is 325 cm³/mol. The van der Waals surface area contributed by atoms with E-state index in [2.05, 4.69) is 81.5 Å². The van der Waals surface area contributed by atoms with Gasteiger partial charge in [-0.15, -0.1) is 0 Å². The van der Waals surface area contributed by atoms with E-state index in [0.717, 1.165) is 89.9 Å². The largest absolute Gasteiger partial charge is 0.462 e. The van der Waals surface area contributed by atoms with Crippen molar-refractivity contribution in [3.05, 3.63) is 60.8 Å². The van der Waals surface area contributed by atoms with E-state index in [9.17, 15) is 14.4 Å². The fraction of sp³-hybridized carbons (Fsp3) is 0.812. The highest BCUT2D eigenvalue weighted by atomic mass is 16.6. The third kappa shape index (κ3) is 61.8. The molecule has 0 aliphatic heterocycles. The highest BCUT2D eigenvalue weighted by Crippen LogP contribution is 2.17. The minimum atomic E-state index is -0.779. The molecule has 75 heavy (non-hydrogen) atoms. The Balaban J connectivity index is 4.26. The van der Waals surface area contributed by atoms with Crippen LogP contribution in [-0.2, 0) is 28.6 Å². The Morgan fingerprint density at radius 3 is 0.787 bits per heavy atom. The lowest BCUT2D eigenvalue weighted by Gasteiger charge is -2.18. The van der Waals surface area contributed by atoms with E-state index >= 15 is 0 Å². The van der Waals surface area contributed by atoms with Crippen molar-refractivity contribution in [2.45, 2.75) is 348 Å². The summed E-state index contributed by atoms with van der Waals surface area (Å²) < 4.78 is 16.9. The summed E-state index contributed by atoms with van der Waals surface area (Å²) in [5.41, 5.74) is 0. The number of esters is 3. The van der Waals surface area contributed by atoms with Gasteiger partial charge in [0.2, 0.25) is 0 Å². The average molecular weight is 1050 g/mol. The third-order valence-corrected chi connectivity index (χ3v) is 14.5. The van der Waals surface area contributed by atoms with Crippen molar-refractivity contribution in [2.75, 3.05) is 13.2 Å². The summed E-state index contributed by atoms with van der Waals surface area (Å²) >= 11 is 0. The minimum Gasteiger partial charge on any atom is -0.462 e. The maximum atomic E-state index is 12.9. The van der Waals surface area contributed by atoms with Gasteiger partial charge in [-0.1, -0.05) is 300 Å². The maximum absolute atomic E-state index is 12.9. The van der Waals surface area contributed by atoms with Crippen LogP contribution in [0.1, 0.15) is 342 Å². The number of carbonyl (C=O) groups excluding carboxylic acids is 3. The first kappa shape index (κ1) is 72.1. The molecule has 0 bridgehead atoms. The van der Waals surface area contributed by atoms with Crippen molar-refractivity contribution in [2.24, 2.45) is 0 Å². The molecule has 1 atom stereocenters. The van der Waals surface area contributed by atoms with Crippen LogP contribution in [0.2, 0.25) is 0 Å². The van der Waals surface area contributed by atoms with Crippen LogP contribution in [0.3, 0.4) is 0 Å². The zero-order valence-corrected chi connectivity index (χ0v) is 50.1. The van der Waals surface area contributed by atoms with E-state index in [1.165, 1.54) is 212 Å². The van der Waals surface area contributed by atoms with Gasteiger partial charge in [-0.05, 0) is 83.5 Å². The second-order valence-corrected chi connectivity index (χ2v) is 22.0. The molecular formula is C69H124O6. The monoisotopic (exact) mass is 1050 g/mol. The highest BCUT2D eigenvalue weighted by Gasteiger charge is 2.19. The summed E-state index contributed by atoms with van der Waals surface area (Å²) in [6.45, 7) is 6.62. The second-order valence-electron chi connectivity index (χ2n) is 22.0. The zero-order chi connectivity index (χ0) is 54.3. The Hall–Kier alpha value is -2.89. The average Bonchev–Trinajstić information content (AvgIpc) is 3.41. The number of carbonyl (C=O) groups is 3. The first-order valence-electron chi connectivity index (χ1n) is 32.8. The highest BCUT2D eigenvalue weighted by molar-refractivity contribution is 5.71. The van der Waals surface area contributed by atoms with Crippen LogP contribution in [0, 0.1) is 0 Å². The molecule has 0 spiro atoms. The number of hydrogen-bond donors (Lipinski definition) is 0. The van der Waals surface area contributed by atoms with Gasteiger partial charge < -0.3 is 14.2 Å². The van der Waals surface area contributed by atoms with Crippen molar-refractivity contribution < 1.29 is 28.6 Å². The van der Waals surface area contributed by atoms with E-state index in [4.69, 9.17) is 14.2 Å². The molecule has 0 fully saturated rings. The summed E-state index contributed by atoms with van der Waals surface area (Å²) in [7, 11) is 0. The molecule has 0 saturated heterocycles. The van der Waals surface area contributed by atoms with Crippen LogP contribution in [0.4, 0.5) is 0 Å². The van der Waals surface area contributed by atoms with E-state index < -0.39 is 6.10 Å². The van der Waals surface area contributed by atoms with Gasteiger partial charge in [0, 0.05) is 19.3 Å². The molecule has 1 unspecified atom stereocenters. The molecule has 6 heteroatoms. The van der Waals surface area contributed by atoms with Crippen LogP contribution >= 0.6 is 0 Å². The van der Waals surface area contributed by atoms with Gasteiger partial charge >= 0.3 is 17.9 Å². The lowest BCUT2D eigenvalue weighted by atomic mass is 10.0. The quantitative estimate of drug-likeness (QED) is 0.0261. The molecule has 0 aliphatic carbocycles. The third-order valence-electron chi connectivity index (χ3n) is 14.5. The fourth-order valence-electron chi connectivity index (χ4n) is 9.53. The maximum Gasteiger partial charge on any atom is 0.306 e. The summed E-state index contributed by atoms with van der Waals surface area (Å²) in [4.78, 5) is 38.3. The molecule has 0 aromatic rings. The van der Waals surface area contributed by atoms with Gasteiger partial charge in [-0.3, -0.25) is 14.4 Å². The van der Waals surface area contributed by atoms with Gasteiger partial charge in [-0.2, -0.15) is 0 Å². The molecule has 0 saturated carbocycles. The topological polar surface area (TPSA) is 78.9 Å². The van der Waals surface area contributed by atoms with Crippen molar-refractivity contribution in [3.63, 3.8) is 0 Å². The van der Waals surface area contributed by atoms with Crippen LogP contribution < -0.4 is 0 Å². The summed E-state index contributed by atoms with van der Waals surface area (Å²) in [5, 5.41) is 0. The Labute approximate surface area is 466 Å². The van der Waals surface area contributed by atoms with E-state index in [1.54, 1.807) is 0 Å². The Kier molecular flexibility index (Phi) is 61.2. The number of ether oxygens (including phenoxy) is 3. The van der Waals surface area contributed by atoms with E-state index in [-0.39, 0.29) is 31.1 Å². The van der Waals surface area contributed by atoms with Gasteiger partial charge in [0.25, 0.3) is 0 Å². The fourth-order valence-corrected chi connectivity index (χ4v) is 9.53. The van der Waals surface area contributed by atoms with Crippen LogP contribution in [-0.4, -0.2) is 37.2 Å². The Morgan fingerprint density at radius 1 is 0.267 bits per heavy atom. The Bertz CT molecular complexity index is 1340. The molecule has 0 aromatic heterocycles. The van der Waals surface area contributed by atoms with Crippen LogP contribution in [0.15, 0.2) is 60.8 Å². The van der Waals surface area contributed by atoms with Crippen molar-refractivity contribution in [1.29, 1.82) is 0 Å². The zero-order valence-electron chi connectivity index (χ0n) is 50.1. The van der Waals surface area contributed by atoms with Gasteiger partial charge in [0.15, 0.2) is 6.10 Å². The first-order valence-corrected chi connectivity index (χ1v) is 32.8. The van der Waals surface area contributed by atoms with Crippen LogP contribution in [0.5, 0.6) is 0 Å². The lowest BCUT2D eigenvalue weighted by molar-refractivity contribution is -0.167.